The Morgan fingerprint density at radius 2 is 2.15 bits per heavy atom. The van der Waals surface area contributed by atoms with Crippen LogP contribution in [0.5, 0.6) is 5.75 Å². The van der Waals surface area contributed by atoms with Crippen LogP contribution in [0.3, 0.4) is 0 Å². The summed E-state index contributed by atoms with van der Waals surface area (Å²) < 4.78 is 22.6. The van der Waals surface area contributed by atoms with Crippen LogP contribution in [0.4, 0.5) is 4.39 Å². The Morgan fingerprint density at radius 1 is 1.40 bits per heavy atom. The molecule has 20 heavy (non-hydrogen) atoms. The first-order valence-corrected chi connectivity index (χ1v) is 6.86. The van der Waals surface area contributed by atoms with Gasteiger partial charge in [0.15, 0.2) is 0 Å². The quantitative estimate of drug-likeness (QED) is 0.750. The van der Waals surface area contributed by atoms with Crippen molar-refractivity contribution in [1.29, 1.82) is 0 Å². The van der Waals surface area contributed by atoms with Gasteiger partial charge in [-0.25, -0.2) is 4.79 Å². The van der Waals surface area contributed by atoms with Crippen LogP contribution >= 0.6 is 0 Å². The summed E-state index contributed by atoms with van der Waals surface area (Å²) in [5.41, 5.74) is 0.510. The number of alkyl halides is 1. The average Bonchev–Trinajstić information content (AvgIpc) is 2.92. The molecule has 110 valence electrons. The molecule has 1 atom stereocenters. The van der Waals surface area contributed by atoms with Gasteiger partial charge >= 0.3 is 5.97 Å². The number of carbonyl (C=O) groups excluding carboxylic acids is 1. The summed E-state index contributed by atoms with van der Waals surface area (Å²) in [6.45, 7) is 2.30. The van der Waals surface area contributed by atoms with E-state index in [2.05, 4.69) is 9.64 Å². The van der Waals surface area contributed by atoms with E-state index in [9.17, 15) is 9.18 Å². The van der Waals surface area contributed by atoms with E-state index in [4.69, 9.17) is 4.74 Å². The van der Waals surface area contributed by atoms with Crippen LogP contribution in [0, 0.1) is 0 Å². The second-order valence-corrected chi connectivity index (χ2v) is 4.89. The third-order valence-corrected chi connectivity index (χ3v) is 3.42. The number of nitrogens with zero attached hydrogens (tertiary/aromatic N) is 1. The van der Waals surface area contributed by atoms with Crippen molar-refractivity contribution in [2.24, 2.45) is 0 Å². The Hall–Kier alpha value is -1.62. The first kappa shape index (κ1) is 14.8. The standard InChI is InChI=1S/C15H20FNO3/c1-19-15(18)12-3-5-13(6-4-12)20-14-7-10-17(11-14)9-2-8-16/h3-6,14H,2,7-11H2,1H3/t14-/m0/s1. The van der Waals surface area contributed by atoms with Crippen LogP contribution in [-0.2, 0) is 4.74 Å². The van der Waals surface area contributed by atoms with Crippen LogP contribution in [0.1, 0.15) is 23.2 Å². The van der Waals surface area contributed by atoms with Gasteiger partial charge in [0.1, 0.15) is 11.9 Å². The zero-order valence-corrected chi connectivity index (χ0v) is 11.7. The van der Waals surface area contributed by atoms with Crippen LogP contribution in [-0.4, -0.2) is 50.4 Å². The maximum atomic E-state index is 12.1. The molecule has 0 N–H and O–H groups in total. The fourth-order valence-electron chi connectivity index (χ4n) is 2.36. The predicted octanol–water partition coefficient (Wildman–Crippen LogP) is 2.29. The van der Waals surface area contributed by atoms with Gasteiger partial charge in [0.2, 0.25) is 0 Å². The molecule has 2 rings (SSSR count). The second kappa shape index (κ2) is 7.24. The molecule has 5 heteroatoms. The Balaban J connectivity index is 1.83. The molecular weight excluding hydrogens is 261 g/mol. The first-order chi connectivity index (χ1) is 9.72. The fraction of sp³-hybridized carbons (Fsp3) is 0.533. The van der Waals surface area contributed by atoms with E-state index in [1.165, 1.54) is 7.11 Å². The number of rotatable bonds is 6. The van der Waals surface area contributed by atoms with Crippen molar-refractivity contribution in [3.05, 3.63) is 29.8 Å². The highest BCUT2D eigenvalue weighted by Crippen LogP contribution is 2.19. The lowest BCUT2D eigenvalue weighted by Crippen LogP contribution is -2.26. The number of hydrogen-bond acceptors (Lipinski definition) is 4. The highest BCUT2D eigenvalue weighted by atomic mass is 19.1. The minimum absolute atomic E-state index is 0.138. The lowest BCUT2D eigenvalue weighted by molar-refractivity contribution is 0.0600. The largest absolute Gasteiger partial charge is 0.489 e. The number of methoxy groups -OCH3 is 1. The summed E-state index contributed by atoms with van der Waals surface area (Å²) in [4.78, 5) is 13.5. The molecule has 0 unspecified atom stereocenters. The van der Waals surface area contributed by atoms with E-state index in [0.717, 1.165) is 31.8 Å². The van der Waals surface area contributed by atoms with E-state index in [1.807, 2.05) is 0 Å². The van der Waals surface area contributed by atoms with Crippen LogP contribution < -0.4 is 4.74 Å². The van der Waals surface area contributed by atoms with Crippen molar-refractivity contribution >= 4 is 5.97 Å². The maximum Gasteiger partial charge on any atom is 0.337 e. The zero-order valence-electron chi connectivity index (χ0n) is 11.7. The Labute approximate surface area is 118 Å². The summed E-state index contributed by atoms with van der Waals surface area (Å²) in [6.07, 6.45) is 1.67. The summed E-state index contributed by atoms with van der Waals surface area (Å²) in [5.74, 6) is 0.393. The van der Waals surface area contributed by atoms with Gasteiger partial charge in [0, 0.05) is 19.6 Å². The predicted molar refractivity (Wildman–Crippen MR) is 73.8 cm³/mol. The third kappa shape index (κ3) is 3.93. The van der Waals surface area contributed by atoms with E-state index < -0.39 is 0 Å². The fourth-order valence-corrected chi connectivity index (χ4v) is 2.36. The highest BCUT2D eigenvalue weighted by Gasteiger charge is 2.23. The van der Waals surface area contributed by atoms with Gasteiger partial charge in [-0.1, -0.05) is 0 Å². The van der Waals surface area contributed by atoms with Gasteiger partial charge in [-0.2, -0.15) is 0 Å². The van der Waals surface area contributed by atoms with Crippen molar-refractivity contribution in [3.63, 3.8) is 0 Å². The van der Waals surface area contributed by atoms with E-state index in [-0.39, 0.29) is 18.7 Å². The molecule has 1 aromatic carbocycles. The molecule has 0 aromatic heterocycles. The molecule has 1 saturated heterocycles. The molecule has 0 spiro atoms. The third-order valence-electron chi connectivity index (χ3n) is 3.42. The molecule has 0 saturated carbocycles. The molecule has 1 fully saturated rings. The van der Waals surface area contributed by atoms with E-state index in [0.29, 0.717) is 12.0 Å². The molecule has 0 aliphatic carbocycles. The number of esters is 1. The SMILES string of the molecule is COC(=O)c1ccc(O[C@H]2CCN(CCCF)C2)cc1. The molecule has 4 nitrogen and oxygen atoms in total. The van der Waals surface area contributed by atoms with Gasteiger partial charge in [-0.05, 0) is 37.1 Å². The number of halogens is 1. The molecule has 1 aliphatic rings. The van der Waals surface area contributed by atoms with E-state index >= 15 is 0 Å². The lowest BCUT2D eigenvalue weighted by atomic mass is 10.2. The van der Waals surface area contributed by atoms with Gasteiger partial charge in [0.25, 0.3) is 0 Å². The summed E-state index contributed by atoms with van der Waals surface area (Å²) in [5, 5.41) is 0. The maximum absolute atomic E-state index is 12.1. The molecule has 1 aromatic rings. The van der Waals surface area contributed by atoms with Crippen LogP contribution in [0.25, 0.3) is 0 Å². The summed E-state index contributed by atoms with van der Waals surface area (Å²) in [6, 6.07) is 6.93. The molecule has 1 aliphatic heterocycles. The first-order valence-electron chi connectivity index (χ1n) is 6.86. The number of ether oxygens (including phenoxy) is 2. The molecule has 0 amide bonds. The summed E-state index contributed by atoms with van der Waals surface area (Å²) >= 11 is 0. The zero-order chi connectivity index (χ0) is 14.4. The number of benzene rings is 1. The normalized spacial score (nSPS) is 19.0. The number of carbonyl (C=O) groups is 1. The van der Waals surface area contributed by atoms with Crippen molar-refractivity contribution in [1.82, 2.24) is 4.90 Å². The van der Waals surface area contributed by atoms with Crippen LogP contribution in [0.2, 0.25) is 0 Å². The molecule has 0 bridgehead atoms. The Kier molecular flexibility index (Phi) is 5.35. The van der Waals surface area contributed by atoms with Crippen molar-refractivity contribution < 1.29 is 18.7 Å². The van der Waals surface area contributed by atoms with Crippen molar-refractivity contribution in [2.75, 3.05) is 33.4 Å². The minimum Gasteiger partial charge on any atom is -0.489 e. The number of likely N-dealkylation sites (tertiary alicyclic amines) is 1. The molecule has 1 heterocycles. The molecular formula is C15H20FNO3. The van der Waals surface area contributed by atoms with Crippen molar-refractivity contribution in [3.8, 4) is 5.75 Å². The van der Waals surface area contributed by atoms with Crippen molar-refractivity contribution in [2.45, 2.75) is 18.9 Å². The van der Waals surface area contributed by atoms with Gasteiger partial charge < -0.3 is 9.47 Å². The molecule has 0 radical (unpaired) electrons. The van der Waals surface area contributed by atoms with Gasteiger partial charge in [0.05, 0.1) is 19.3 Å². The second-order valence-electron chi connectivity index (χ2n) is 4.89. The van der Waals surface area contributed by atoms with E-state index in [1.54, 1.807) is 24.3 Å². The number of hydrogen-bond donors (Lipinski definition) is 0. The van der Waals surface area contributed by atoms with Gasteiger partial charge in [-0.15, -0.1) is 0 Å². The summed E-state index contributed by atoms with van der Waals surface area (Å²) in [7, 11) is 1.36. The lowest BCUT2D eigenvalue weighted by Gasteiger charge is -2.16. The smallest absolute Gasteiger partial charge is 0.337 e. The average molecular weight is 281 g/mol. The highest BCUT2D eigenvalue weighted by molar-refractivity contribution is 5.89. The monoisotopic (exact) mass is 281 g/mol. The topological polar surface area (TPSA) is 38.8 Å². The Morgan fingerprint density at radius 3 is 2.80 bits per heavy atom. The van der Waals surface area contributed by atoms with Crippen LogP contribution in [0.15, 0.2) is 24.3 Å². The minimum atomic E-state index is -0.352. The van der Waals surface area contributed by atoms with Gasteiger partial charge in [-0.3, -0.25) is 9.29 Å². The Bertz CT molecular complexity index is 435.